The van der Waals surface area contributed by atoms with Crippen LogP contribution in [-0.2, 0) is 21.2 Å². The molecule has 0 aliphatic carbocycles. The van der Waals surface area contributed by atoms with Gasteiger partial charge in [-0.05, 0) is 73.6 Å². The molecule has 0 unspecified atom stereocenters. The van der Waals surface area contributed by atoms with Crippen LogP contribution >= 0.6 is 12.2 Å². The molecule has 0 spiro atoms. The molecule has 0 saturated carbocycles. The highest BCUT2D eigenvalue weighted by Crippen LogP contribution is 2.15. The van der Waals surface area contributed by atoms with Crippen LogP contribution in [0.3, 0.4) is 0 Å². The highest BCUT2D eigenvalue weighted by atomic mass is 32.2. The van der Waals surface area contributed by atoms with Crippen LogP contribution in [0.2, 0.25) is 0 Å². The highest BCUT2D eigenvalue weighted by molar-refractivity contribution is 7.89. The molecule has 3 aromatic rings. The number of amides is 1. The van der Waals surface area contributed by atoms with Gasteiger partial charge in [0.05, 0.1) is 11.5 Å². The van der Waals surface area contributed by atoms with Gasteiger partial charge in [-0.1, -0.05) is 36.4 Å². The monoisotopic (exact) mass is 527 g/mol. The zero-order valence-corrected chi connectivity index (χ0v) is 21.5. The summed E-state index contributed by atoms with van der Waals surface area (Å²) in [5, 5.41) is 5.58. The lowest BCUT2D eigenvalue weighted by Crippen LogP contribution is -2.34. The van der Waals surface area contributed by atoms with Crippen molar-refractivity contribution in [3.63, 3.8) is 0 Å². The van der Waals surface area contributed by atoms with Crippen LogP contribution in [0.1, 0.15) is 22.8 Å². The van der Waals surface area contributed by atoms with Crippen molar-refractivity contribution in [3.05, 3.63) is 90.0 Å². The molecule has 0 saturated heterocycles. The van der Waals surface area contributed by atoms with Gasteiger partial charge in [0.1, 0.15) is 12.4 Å². The second kappa shape index (κ2) is 13.7. The van der Waals surface area contributed by atoms with Gasteiger partial charge >= 0.3 is 0 Å². The quantitative estimate of drug-likeness (QED) is 0.243. The van der Waals surface area contributed by atoms with Gasteiger partial charge in [0.25, 0.3) is 5.91 Å². The van der Waals surface area contributed by atoms with Gasteiger partial charge in [0.15, 0.2) is 5.11 Å². The molecule has 0 heterocycles. The maximum Gasteiger partial charge on any atom is 0.257 e. The standard InChI is InChI=1S/C26H29N3O5S2/c1-2-33-17-18-34-23-10-6-9-21(19-23)25(30)29-26(35)28-22-11-13-24(14-12-22)36(31,32)27-16-15-20-7-4-3-5-8-20/h3-14,19,27H,2,15-18H2,1H3,(H2,28,29,30,35). The minimum absolute atomic E-state index is 0.0826. The molecule has 0 atom stereocenters. The molecule has 8 nitrogen and oxygen atoms in total. The summed E-state index contributed by atoms with van der Waals surface area (Å²) in [4.78, 5) is 12.7. The molecule has 10 heteroatoms. The van der Waals surface area contributed by atoms with E-state index >= 15 is 0 Å². The fraction of sp³-hybridized carbons (Fsp3) is 0.231. The molecule has 0 radical (unpaired) electrons. The van der Waals surface area contributed by atoms with E-state index < -0.39 is 15.9 Å². The zero-order valence-electron chi connectivity index (χ0n) is 19.9. The number of ether oxygens (including phenoxy) is 2. The summed E-state index contributed by atoms with van der Waals surface area (Å²) in [6.07, 6.45) is 0.593. The van der Waals surface area contributed by atoms with E-state index in [1.807, 2.05) is 37.3 Å². The smallest absolute Gasteiger partial charge is 0.257 e. The van der Waals surface area contributed by atoms with E-state index in [0.29, 0.717) is 49.8 Å². The van der Waals surface area contributed by atoms with Crippen molar-refractivity contribution in [2.45, 2.75) is 18.2 Å². The Morgan fingerprint density at radius 1 is 0.944 bits per heavy atom. The number of carbonyl (C=O) groups excluding carboxylic acids is 1. The van der Waals surface area contributed by atoms with Crippen molar-refractivity contribution in [1.29, 1.82) is 0 Å². The number of sulfonamides is 1. The van der Waals surface area contributed by atoms with Crippen LogP contribution in [-0.4, -0.2) is 45.8 Å². The Kier molecular flexibility index (Phi) is 10.4. The zero-order chi connectivity index (χ0) is 25.8. The van der Waals surface area contributed by atoms with Gasteiger partial charge < -0.3 is 14.8 Å². The molecular formula is C26H29N3O5S2. The van der Waals surface area contributed by atoms with Crippen molar-refractivity contribution < 1.29 is 22.7 Å². The molecule has 0 bridgehead atoms. The maximum atomic E-state index is 12.6. The number of anilines is 1. The predicted octanol–water partition coefficient (Wildman–Crippen LogP) is 3.75. The molecule has 3 aromatic carbocycles. The third-order valence-electron chi connectivity index (χ3n) is 4.99. The molecule has 0 fully saturated rings. The van der Waals surface area contributed by atoms with Gasteiger partial charge in [-0.15, -0.1) is 0 Å². The fourth-order valence-electron chi connectivity index (χ4n) is 3.20. The molecule has 3 rings (SSSR count). The summed E-state index contributed by atoms with van der Waals surface area (Å²) in [5.74, 6) is 0.153. The normalized spacial score (nSPS) is 11.0. The minimum Gasteiger partial charge on any atom is -0.491 e. The molecule has 3 N–H and O–H groups in total. The van der Waals surface area contributed by atoms with Crippen LogP contribution in [0.5, 0.6) is 5.75 Å². The number of thiocarbonyl (C=S) groups is 1. The van der Waals surface area contributed by atoms with Crippen molar-refractivity contribution in [3.8, 4) is 5.75 Å². The number of hydrogen-bond donors (Lipinski definition) is 3. The van der Waals surface area contributed by atoms with Gasteiger partial charge in [0.2, 0.25) is 10.0 Å². The Labute approximate surface area is 217 Å². The molecule has 0 aliphatic rings. The summed E-state index contributed by atoms with van der Waals surface area (Å²) < 4.78 is 38.5. The number of rotatable bonds is 12. The van der Waals surface area contributed by atoms with Crippen LogP contribution in [0.25, 0.3) is 0 Å². The lowest BCUT2D eigenvalue weighted by atomic mass is 10.2. The first kappa shape index (κ1) is 27.3. The second-order valence-electron chi connectivity index (χ2n) is 7.64. The summed E-state index contributed by atoms with van der Waals surface area (Å²) in [6, 6.07) is 22.5. The van der Waals surface area contributed by atoms with E-state index in [4.69, 9.17) is 21.7 Å². The lowest BCUT2D eigenvalue weighted by Gasteiger charge is -2.12. The number of hydrogen-bond acceptors (Lipinski definition) is 6. The number of benzene rings is 3. The Hall–Kier alpha value is -3.31. The summed E-state index contributed by atoms with van der Waals surface area (Å²) in [7, 11) is -3.65. The molecular weight excluding hydrogens is 498 g/mol. The third kappa shape index (κ3) is 8.72. The average Bonchev–Trinajstić information content (AvgIpc) is 2.87. The van der Waals surface area contributed by atoms with Crippen LogP contribution in [0.4, 0.5) is 5.69 Å². The van der Waals surface area contributed by atoms with Crippen molar-refractivity contribution in [2.24, 2.45) is 0 Å². The van der Waals surface area contributed by atoms with E-state index in [-0.39, 0.29) is 10.0 Å². The van der Waals surface area contributed by atoms with E-state index in [2.05, 4.69) is 15.4 Å². The van der Waals surface area contributed by atoms with E-state index in [1.54, 1.807) is 36.4 Å². The van der Waals surface area contributed by atoms with Gasteiger partial charge in [-0.2, -0.15) is 0 Å². The Morgan fingerprint density at radius 3 is 2.42 bits per heavy atom. The first-order valence-corrected chi connectivity index (χ1v) is 13.3. The van der Waals surface area contributed by atoms with Crippen LogP contribution < -0.4 is 20.1 Å². The number of carbonyl (C=O) groups is 1. The molecule has 0 aliphatic heterocycles. The van der Waals surface area contributed by atoms with Crippen LogP contribution in [0, 0.1) is 0 Å². The first-order valence-electron chi connectivity index (χ1n) is 11.4. The SMILES string of the molecule is CCOCCOc1cccc(C(=O)NC(=S)Nc2ccc(S(=O)(=O)NCCc3ccccc3)cc2)c1. The minimum atomic E-state index is -3.65. The summed E-state index contributed by atoms with van der Waals surface area (Å²) >= 11 is 5.23. The fourth-order valence-corrected chi connectivity index (χ4v) is 4.45. The van der Waals surface area contributed by atoms with E-state index in [1.165, 1.54) is 12.1 Å². The predicted molar refractivity (Wildman–Crippen MR) is 144 cm³/mol. The summed E-state index contributed by atoms with van der Waals surface area (Å²) in [5.41, 5.74) is 1.98. The molecule has 36 heavy (non-hydrogen) atoms. The molecule has 1 amide bonds. The van der Waals surface area contributed by atoms with E-state index in [0.717, 1.165) is 5.56 Å². The second-order valence-corrected chi connectivity index (χ2v) is 9.81. The van der Waals surface area contributed by atoms with Gasteiger partial charge in [0, 0.05) is 24.4 Å². The Balaban J connectivity index is 1.49. The van der Waals surface area contributed by atoms with Crippen LogP contribution in [0.15, 0.2) is 83.8 Å². The van der Waals surface area contributed by atoms with Crippen molar-refractivity contribution >= 4 is 38.9 Å². The Morgan fingerprint density at radius 2 is 1.69 bits per heavy atom. The van der Waals surface area contributed by atoms with Crippen molar-refractivity contribution in [2.75, 3.05) is 31.7 Å². The molecule has 0 aromatic heterocycles. The highest BCUT2D eigenvalue weighted by Gasteiger charge is 2.14. The molecule has 190 valence electrons. The third-order valence-corrected chi connectivity index (χ3v) is 6.68. The van der Waals surface area contributed by atoms with Crippen molar-refractivity contribution in [1.82, 2.24) is 10.0 Å². The first-order chi connectivity index (χ1) is 17.4. The maximum absolute atomic E-state index is 12.6. The van der Waals surface area contributed by atoms with Gasteiger partial charge in [-0.3, -0.25) is 10.1 Å². The Bertz CT molecular complexity index is 1250. The topological polar surface area (TPSA) is 106 Å². The number of nitrogens with one attached hydrogen (secondary N) is 3. The summed E-state index contributed by atoms with van der Waals surface area (Å²) in [6.45, 7) is 3.66. The average molecular weight is 528 g/mol. The van der Waals surface area contributed by atoms with Gasteiger partial charge in [-0.25, -0.2) is 13.1 Å². The largest absolute Gasteiger partial charge is 0.491 e. The van der Waals surface area contributed by atoms with E-state index in [9.17, 15) is 13.2 Å². The lowest BCUT2D eigenvalue weighted by molar-refractivity contribution is 0.0976.